The number of amides is 2. The van der Waals surface area contributed by atoms with E-state index in [2.05, 4.69) is 10.6 Å². The zero-order valence-electron chi connectivity index (χ0n) is 12.2. The third kappa shape index (κ3) is 4.35. The molecule has 0 heterocycles. The highest BCUT2D eigenvalue weighted by Crippen LogP contribution is 2.27. The quantitative estimate of drug-likeness (QED) is 0.565. The number of para-hydroxylation sites is 1. The highest BCUT2D eigenvalue weighted by Gasteiger charge is 2.17. The molecular weight excluding hydrogens is 256 g/mol. The van der Waals surface area contributed by atoms with Crippen LogP contribution >= 0.6 is 0 Å². The van der Waals surface area contributed by atoms with Gasteiger partial charge in [-0.15, -0.1) is 0 Å². The first kappa shape index (κ1) is 16.2. The van der Waals surface area contributed by atoms with E-state index in [-0.39, 0.29) is 19.1 Å². The molecule has 0 saturated carbocycles. The van der Waals surface area contributed by atoms with Crippen molar-refractivity contribution in [2.75, 3.05) is 18.5 Å². The maximum absolute atomic E-state index is 11.8. The van der Waals surface area contributed by atoms with Crippen LogP contribution in [0.1, 0.15) is 37.3 Å². The molecule has 1 rings (SSSR count). The lowest BCUT2D eigenvalue weighted by atomic mass is 9.98. The van der Waals surface area contributed by atoms with E-state index >= 15 is 0 Å². The normalized spacial score (nSPS) is 10.4. The van der Waals surface area contributed by atoms with E-state index in [1.807, 2.05) is 39.0 Å². The van der Waals surface area contributed by atoms with Gasteiger partial charge < -0.3 is 15.7 Å². The van der Waals surface area contributed by atoms with Gasteiger partial charge in [0.1, 0.15) is 0 Å². The van der Waals surface area contributed by atoms with Crippen molar-refractivity contribution in [2.24, 2.45) is 0 Å². The van der Waals surface area contributed by atoms with Gasteiger partial charge in [0.2, 0.25) is 0 Å². The molecule has 0 aromatic heterocycles. The molecule has 0 atom stereocenters. The molecule has 20 heavy (non-hydrogen) atoms. The van der Waals surface area contributed by atoms with Crippen LogP contribution in [0.5, 0.6) is 0 Å². The van der Waals surface area contributed by atoms with Crippen molar-refractivity contribution in [3.05, 3.63) is 29.3 Å². The maximum atomic E-state index is 11.8. The molecule has 5 heteroatoms. The Morgan fingerprint density at radius 3 is 2.55 bits per heavy atom. The number of aryl methyl sites for hydroxylation is 1. The second-order valence-electron chi connectivity index (χ2n) is 4.98. The van der Waals surface area contributed by atoms with E-state index in [0.29, 0.717) is 12.1 Å². The zero-order chi connectivity index (χ0) is 15.1. The Labute approximate surface area is 119 Å². The summed E-state index contributed by atoms with van der Waals surface area (Å²) >= 11 is 0. The number of rotatable bonds is 5. The molecule has 0 fully saturated rings. The number of nitrogens with one attached hydrogen (secondary N) is 2. The predicted octanol–water partition coefficient (Wildman–Crippen LogP) is 1.56. The van der Waals surface area contributed by atoms with Gasteiger partial charge in [-0.2, -0.15) is 0 Å². The minimum atomic E-state index is -0.684. The number of hydrogen-bond acceptors (Lipinski definition) is 3. The van der Waals surface area contributed by atoms with Crippen LogP contribution in [0.2, 0.25) is 0 Å². The second kappa shape index (κ2) is 7.65. The lowest BCUT2D eigenvalue weighted by molar-refractivity contribution is -0.136. The first-order valence-corrected chi connectivity index (χ1v) is 6.77. The van der Waals surface area contributed by atoms with Crippen molar-refractivity contribution in [1.82, 2.24) is 5.32 Å². The monoisotopic (exact) mass is 278 g/mol. The molecule has 3 N–H and O–H groups in total. The van der Waals surface area contributed by atoms with E-state index < -0.39 is 11.8 Å². The number of carbonyl (C=O) groups excluding carboxylic acids is 2. The largest absolute Gasteiger partial charge is 0.396 e. The highest BCUT2D eigenvalue weighted by atomic mass is 16.3. The minimum absolute atomic E-state index is 0.0167. The Kier molecular flexibility index (Phi) is 6.18. The standard InChI is InChI=1S/C15H22N2O3/c1-10(2)12-7-4-6-11(3)13(12)17-15(20)14(19)16-8-5-9-18/h4,6-7,10,18H,5,8-9H2,1-3H3,(H,16,19)(H,17,20). The summed E-state index contributed by atoms with van der Waals surface area (Å²) in [5.41, 5.74) is 2.62. The topological polar surface area (TPSA) is 78.4 Å². The number of aliphatic hydroxyl groups is 1. The summed E-state index contributed by atoms with van der Waals surface area (Å²) in [6, 6.07) is 5.77. The van der Waals surface area contributed by atoms with Crippen molar-refractivity contribution in [3.8, 4) is 0 Å². The lowest BCUT2D eigenvalue weighted by Crippen LogP contribution is -2.36. The lowest BCUT2D eigenvalue weighted by Gasteiger charge is -2.16. The van der Waals surface area contributed by atoms with Crippen LogP contribution in [-0.4, -0.2) is 30.1 Å². The van der Waals surface area contributed by atoms with E-state index in [0.717, 1.165) is 11.1 Å². The van der Waals surface area contributed by atoms with Gasteiger partial charge in [0.05, 0.1) is 0 Å². The third-order valence-electron chi connectivity index (χ3n) is 2.99. The molecule has 0 saturated heterocycles. The summed E-state index contributed by atoms with van der Waals surface area (Å²) in [7, 11) is 0. The van der Waals surface area contributed by atoms with E-state index in [4.69, 9.17) is 5.11 Å². The molecule has 1 aromatic rings. The third-order valence-corrected chi connectivity index (χ3v) is 2.99. The number of benzene rings is 1. The summed E-state index contributed by atoms with van der Waals surface area (Å²) in [6.07, 6.45) is 0.431. The van der Waals surface area contributed by atoms with Crippen LogP contribution in [0.15, 0.2) is 18.2 Å². The molecular formula is C15H22N2O3. The van der Waals surface area contributed by atoms with Gasteiger partial charge in [-0.1, -0.05) is 32.0 Å². The van der Waals surface area contributed by atoms with Crippen LogP contribution < -0.4 is 10.6 Å². The molecule has 2 amide bonds. The SMILES string of the molecule is Cc1cccc(C(C)C)c1NC(=O)C(=O)NCCCO. The fourth-order valence-electron chi connectivity index (χ4n) is 1.87. The van der Waals surface area contributed by atoms with Crippen LogP contribution in [-0.2, 0) is 9.59 Å². The Morgan fingerprint density at radius 2 is 1.95 bits per heavy atom. The smallest absolute Gasteiger partial charge is 0.313 e. The van der Waals surface area contributed by atoms with Crippen molar-refractivity contribution >= 4 is 17.5 Å². The first-order valence-electron chi connectivity index (χ1n) is 6.77. The average molecular weight is 278 g/mol. The minimum Gasteiger partial charge on any atom is -0.396 e. The highest BCUT2D eigenvalue weighted by molar-refractivity contribution is 6.39. The maximum Gasteiger partial charge on any atom is 0.313 e. The summed E-state index contributed by atoms with van der Waals surface area (Å²) < 4.78 is 0. The van der Waals surface area contributed by atoms with Crippen molar-refractivity contribution in [2.45, 2.75) is 33.1 Å². The van der Waals surface area contributed by atoms with Gasteiger partial charge in [0, 0.05) is 18.8 Å². The van der Waals surface area contributed by atoms with E-state index in [9.17, 15) is 9.59 Å². The number of hydrogen-bond donors (Lipinski definition) is 3. The van der Waals surface area contributed by atoms with Crippen LogP contribution in [0.4, 0.5) is 5.69 Å². The second-order valence-corrected chi connectivity index (χ2v) is 4.98. The zero-order valence-corrected chi connectivity index (χ0v) is 12.2. The summed E-state index contributed by atoms with van der Waals surface area (Å²) in [5, 5.41) is 13.8. The molecule has 0 aliphatic rings. The molecule has 1 aromatic carbocycles. The molecule has 0 unspecified atom stereocenters. The number of carbonyl (C=O) groups is 2. The van der Waals surface area contributed by atoms with Gasteiger partial charge in [-0.05, 0) is 30.4 Å². The van der Waals surface area contributed by atoms with Crippen LogP contribution in [0.3, 0.4) is 0 Å². The van der Waals surface area contributed by atoms with Crippen molar-refractivity contribution in [1.29, 1.82) is 0 Å². The molecule has 0 aliphatic heterocycles. The average Bonchev–Trinajstić information content (AvgIpc) is 2.40. The Hall–Kier alpha value is -1.88. The first-order chi connectivity index (χ1) is 9.47. The number of aliphatic hydroxyl groups excluding tert-OH is 1. The Balaban J connectivity index is 2.77. The predicted molar refractivity (Wildman–Crippen MR) is 78.6 cm³/mol. The van der Waals surface area contributed by atoms with E-state index in [1.54, 1.807) is 0 Å². The molecule has 110 valence electrons. The van der Waals surface area contributed by atoms with Crippen molar-refractivity contribution in [3.63, 3.8) is 0 Å². The fraction of sp³-hybridized carbons (Fsp3) is 0.467. The molecule has 0 aliphatic carbocycles. The van der Waals surface area contributed by atoms with Gasteiger partial charge >= 0.3 is 11.8 Å². The van der Waals surface area contributed by atoms with Crippen LogP contribution in [0, 0.1) is 6.92 Å². The molecule has 0 spiro atoms. The van der Waals surface area contributed by atoms with Crippen LogP contribution in [0.25, 0.3) is 0 Å². The molecule has 0 radical (unpaired) electrons. The van der Waals surface area contributed by atoms with Gasteiger partial charge in [0.15, 0.2) is 0 Å². The van der Waals surface area contributed by atoms with Gasteiger partial charge in [0.25, 0.3) is 0 Å². The number of anilines is 1. The molecule has 5 nitrogen and oxygen atoms in total. The van der Waals surface area contributed by atoms with Gasteiger partial charge in [-0.25, -0.2) is 0 Å². The van der Waals surface area contributed by atoms with Gasteiger partial charge in [-0.3, -0.25) is 9.59 Å². The summed E-state index contributed by atoms with van der Waals surface area (Å²) in [5.74, 6) is -1.11. The Morgan fingerprint density at radius 1 is 1.25 bits per heavy atom. The Bertz CT molecular complexity index is 484. The fourth-order valence-corrected chi connectivity index (χ4v) is 1.87. The summed E-state index contributed by atoms with van der Waals surface area (Å²) in [4.78, 5) is 23.5. The summed E-state index contributed by atoms with van der Waals surface area (Å²) in [6.45, 7) is 6.23. The van der Waals surface area contributed by atoms with E-state index in [1.165, 1.54) is 0 Å². The van der Waals surface area contributed by atoms with Crippen molar-refractivity contribution < 1.29 is 14.7 Å². The molecule has 0 bridgehead atoms.